The van der Waals surface area contributed by atoms with Gasteiger partial charge in [0.05, 0.1) is 6.20 Å². The Bertz CT molecular complexity index is 490. The van der Waals surface area contributed by atoms with Gasteiger partial charge in [0.1, 0.15) is 5.03 Å². The highest BCUT2D eigenvalue weighted by Gasteiger charge is 2.04. The fourth-order valence-corrected chi connectivity index (χ4v) is 2.81. The van der Waals surface area contributed by atoms with Crippen molar-refractivity contribution in [1.29, 1.82) is 0 Å². The highest BCUT2D eigenvalue weighted by molar-refractivity contribution is 9.10. The largest absolute Gasteiger partial charge is 0.330 e. The lowest BCUT2D eigenvalue weighted by Gasteiger charge is -2.05. The molecule has 2 rings (SSSR count). The first kappa shape index (κ1) is 12.5. The van der Waals surface area contributed by atoms with E-state index in [1.54, 1.807) is 30.4 Å². The highest BCUT2D eigenvalue weighted by Crippen LogP contribution is 2.32. The minimum Gasteiger partial charge on any atom is -0.330 e. The molecular formula is C12H12BrN3S. The van der Waals surface area contributed by atoms with Gasteiger partial charge in [-0.05, 0) is 46.6 Å². The van der Waals surface area contributed by atoms with Crippen molar-refractivity contribution in [2.45, 2.75) is 16.3 Å². The molecule has 0 aliphatic rings. The normalized spacial score (nSPS) is 10.5. The van der Waals surface area contributed by atoms with Gasteiger partial charge in [-0.2, -0.15) is 0 Å². The van der Waals surface area contributed by atoms with Gasteiger partial charge in [0.15, 0.2) is 0 Å². The van der Waals surface area contributed by atoms with Crippen LogP contribution in [0.25, 0.3) is 0 Å². The molecule has 88 valence electrons. The van der Waals surface area contributed by atoms with E-state index < -0.39 is 0 Å². The molecule has 1 heterocycles. The van der Waals surface area contributed by atoms with Crippen LogP contribution in [-0.2, 0) is 6.42 Å². The predicted octanol–water partition coefficient (Wildman–Crippen LogP) is 2.89. The van der Waals surface area contributed by atoms with Crippen molar-refractivity contribution in [2.24, 2.45) is 5.73 Å². The van der Waals surface area contributed by atoms with Crippen LogP contribution in [-0.4, -0.2) is 16.5 Å². The third kappa shape index (κ3) is 3.52. The molecule has 0 bridgehead atoms. The lowest BCUT2D eigenvalue weighted by Crippen LogP contribution is -2.02. The monoisotopic (exact) mass is 309 g/mol. The first-order chi connectivity index (χ1) is 8.29. The number of nitrogens with zero attached hydrogens (tertiary/aromatic N) is 2. The summed E-state index contributed by atoms with van der Waals surface area (Å²) < 4.78 is 1.07. The molecule has 0 saturated heterocycles. The zero-order chi connectivity index (χ0) is 12.1. The molecule has 1 aromatic carbocycles. The standard InChI is InChI=1S/C12H12BrN3S/c13-10-7-9(3-4-14)1-2-11(10)17-12-8-15-5-6-16-12/h1-2,5-8H,3-4,14H2. The van der Waals surface area contributed by atoms with Crippen molar-refractivity contribution in [2.75, 3.05) is 6.54 Å². The number of halogens is 1. The Morgan fingerprint density at radius 2 is 2.18 bits per heavy atom. The summed E-state index contributed by atoms with van der Waals surface area (Å²) >= 11 is 5.15. The molecule has 0 aliphatic carbocycles. The first-order valence-corrected chi connectivity index (χ1v) is 6.83. The maximum atomic E-state index is 5.53. The Hall–Kier alpha value is -0.910. The third-order valence-corrected chi connectivity index (χ3v) is 4.10. The summed E-state index contributed by atoms with van der Waals surface area (Å²) in [6.07, 6.45) is 6.02. The van der Waals surface area contributed by atoms with E-state index in [1.807, 2.05) is 0 Å². The minimum atomic E-state index is 0.670. The Labute approximate surface area is 113 Å². The molecule has 1 aromatic heterocycles. The van der Waals surface area contributed by atoms with Crippen molar-refractivity contribution >= 4 is 27.7 Å². The van der Waals surface area contributed by atoms with Gasteiger partial charge >= 0.3 is 0 Å². The van der Waals surface area contributed by atoms with E-state index in [4.69, 9.17) is 5.73 Å². The van der Waals surface area contributed by atoms with E-state index in [0.29, 0.717) is 6.54 Å². The number of nitrogens with two attached hydrogens (primary N) is 1. The summed E-state index contributed by atoms with van der Waals surface area (Å²) in [5.74, 6) is 0. The van der Waals surface area contributed by atoms with Gasteiger partial charge in [-0.15, -0.1) is 0 Å². The second kappa shape index (κ2) is 6.14. The van der Waals surface area contributed by atoms with E-state index in [2.05, 4.69) is 44.1 Å². The zero-order valence-corrected chi connectivity index (χ0v) is 11.5. The van der Waals surface area contributed by atoms with Gasteiger partial charge in [0.2, 0.25) is 0 Å². The summed E-state index contributed by atoms with van der Waals surface area (Å²) in [6.45, 7) is 0.670. The van der Waals surface area contributed by atoms with E-state index >= 15 is 0 Å². The second-order valence-electron chi connectivity index (χ2n) is 3.45. The molecule has 0 amide bonds. The molecule has 17 heavy (non-hydrogen) atoms. The van der Waals surface area contributed by atoms with Crippen molar-refractivity contribution in [3.8, 4) is 0 Å². The van der Waals surface area contributed by atoms with Crippen LogP contribution >= 0.6 is 27.7 Å². The zero-order valence-electron chi connectivity index (χ0n) is 9.14. The maximum absolute atomic E-state index is 5.53. The van der Waals surface area contributed by atoms with Crippen LogP contribution in [0.1, 0.15) is 5.56 Å². The number of rotatable bonds is 4. The SMILES string of the molecule is NCCc1ccc(Sc2cnccn2)c(Br)c1. The third-order valence-electron chi connectivity index (χ3n) is 2.18. The van der Waals surface area contributed by atoms with Crippen LogP contribution in [0.3, 0.4) is 0 Å². The molecular weight excluding hydrogens is 298 g/mol. The Morgan fingerprint density at radius 1 is 1.29 bits per heavy atom. The van der Waals surface area contributed by atoms with Crippen LogP contribution in [0.2, 0.25) is 0 Å². The second-order valence-corrected chi connectivity index (χ2v) is 5.37. The fraction of sp³-hybridized carbons (Fsp3) is 0.167. The van der Waals surface area contributed by atoms with Crippen molar-refractivity contribution < 1.29 is 0 Å². The van der Waals surface area contributed by atoms with Gasteiger partial charge in [-0.1, -0.05) is 17.8 Å². The molecule has 0 spiro atoms. The van der Waals surface area contributed by atoms with Crippen LogP contribution in [0.15, 0.2) is 51.2 Å². The smallest absolute Gasteiger partial charge is 0.119 e. The van der Waals surface area contributed by atoms with Crippen LogP contribution < -0.4 is 5.73 Å². The minimum absolute atomic E-state index is 0.670. The molecule has 0 radical (unpaired) electrons. The van der Waals surface area contributed by atoms with E-state index in [1.165, 1.54) is 5.56 Å². The van der Waals surface area contributed by atoms with Gasteiger partial charge in [-0.3, -0.25) is 4.98 Å². The predicted molar refractivity (Wildman–Crippen MR) is 73.1 cm³/mol. The number of aromatic nitrogens is 2. The highest BCUT2D eigenvalue weighted by atomic mass is 79.9. The van der Waals surface area contributed by atoms with Gasteiger partial charge in [-0.25, -0.2) is 4.98 Å². The average Bonchev–Trinajstić information content (AvgIpc) is 2.34. The van der Waals surface area contributed by atoms with E-state index in [-0.39, 0.29) is 0 Å². The van der Waals surface area contributed by atoms with Crippen molar-refractivity contribution in [1.82, 2.24) is 9.97 Å². The van der Waals surface area contributed by atoms with Crippen molar-refractivity contribution in [3.63, 3.8) is 0 Å². The first-order valence-electron chi connectivity index (χ1n) is 5.22. The van der Waals surface area contributed by atoms with E-state index in [0.717, 1.165) is 20.8 Å². The molecule has 2 N–H and O–H groups in total. The molecule has 0 aliphatic heterocycles. The molecule has 0 unspecified atom stereocenters. The summed E-state index contributed by atoms with van der Waals surface area (Å²) in [6, 6.07) is 6.27. The van der Waals surface area contributed by atoms with Crippen LogP contribution in [0, 0.1) is 0 Å². The van der Waals surface area contributed by atoms with Crippen molar-refractivity contribution in [3.05, 3.63) is 46.8 Å². The molecule has 0 saturated carbocycles. The fourth-order valence-electron chi connectivity index (χ4n) is 1.40. The summed E-state index contributed by atoms with van der Waals surface area (Å²) in [7, 11) is 0. The van der Waals surface area contributed by atoms with Gasteiger partial charge in [0.25, 0.3) is 0 Å². The maximum Gasteiger partial charge on any atom is 0.119 e. The molecule has 0 fully saturated rings. The topological polar surface area (TPSA) is 51.8 Å². The quantitative estimate of drug-likeness (QED) is 0.943. The number of hydrogen-bond acceptors (Lipinski definition) is 4. The summed E-state index contributed by atoms with van der Waals surface area (Å²) in [5, 5.41) is 0.889. The molecule has 2 aromatic rings. The number of benzene rings is 1. The van der Waals surface area contributed by atoms with Gasteiger partial charge < -0.3 is 5.73 Å². The van der Waals surface area contributed by atoms with Gasteiger partial charge in [0, 0.05) is 21.8 Å². The summed E-state index contributed by atoms with van der Waals surface area (Å²) in [5.41, 5.74) is 6.77. The molecule has 0 atom stereocenters. The Kier molecular flexibility index (Phi) is 4.53. The Morgan fingerprint density at radius 3 is 2.82 bits per heavy atom. The number of hydrogen-bond donors (Lipinski definition) is 1. The van der Waals surface area contributed by atoms with E-state index in [9.17, 15) is 0 Å². The Balaban J connectivity index is 2.17. The van der Waals surface area contributed by atoms with Crippen LogP contribution in [0.4, 0.5) is 0 Å². The lowest BCUT2D eigenvalue weighted by molar-refractivity contribution is 0.964. The summed E-state index contributed by atoms with van der Waals surface area (Å²) in [4.78, 5) is 9.41. The average molecular weight is 310 g/mol. The van der Waals surface area contributed by atoms with Crippen LogP contribution in [0.5, 0.6) is 0 Å². The lowest BCUT2D eigenvalue weighted by atomic mass is 10.2. The molecule has 3 nitrogen and oxygen atoms in total. The molecule has 5 heteroatoms.